The Kier molecular flexibility index (Phi) is 15.5. The second kappa shape index (κ2) is 18.0. The van der Waals surface area contributed by atoms with Crippen molar-refractivity contribution in [2.75, 3.05) is 13.2 Å². The number of unbranched alkanes of at least 4 members (excludes halogenated alkanes) is 2. The minimum atomic E-state index is -3.13. The molecule has 15 heteroatoms. The molecule has 212 valence electrons. The van der Waals surface area contributed by atoms with Gasteiger partial charge < -0.3 is 35.6 Å². The number of nitrogens with one attached hydrogen (secondary N) is 3. The fourth-order valence-corrected chi connectivity index (χ4v) is 3.58. The normalized spacial score (nSPS) is 13.1. The molecule has 0 radical (unpaired) electrons. The molecule has 6 N–H and O–H groups in total. The fraction of sp³-hybridized carbons (Fsp3) is 0.522. The van der Waals surface area contributed by atoms with Gasteiger partial charge in [-0.05, 0) is 56.4 Å². The van der Waals surface area contributed by atoms with Crippen LogP contribution in [0.2, 0.25) is 0 Å². The van der Waals surface area contributed by atoms with Crippen molar-refractivity contribution < 1.29 is 52.6 Å². The van der Waals surface area contributed by atoms with E-state index in [0.29, 0.717) is 31.4 Å². The molecule has 3 amide bonds. The second-order valence-corrected chi connectivity index (χ2v) is 9.11. The molecule has 1 unspecified atom stereocenters. The van der Waals surface area contributed by atoms with Gasteiger partial charge in [0.25, 0.3) is 5.91 Å². The molecule has 0 bridgehead atoms. The number of amides is 3. The molecule has 1 aromatic carbocycles. The van der Waals surface area contributed by atoms with Gasteiger partial charge in [0.05, 0.1) is 6.61 Å². The van der Waals surface area contributed by atoms with Gasteiger partial charge in [-0.25, -0.2) is 14.0 Å². The molecule has 0 aliphatic heterocycles. The Labute approximate surface area is 219 Å². The number of benzene rings is 1. The van der Waals surface area contributed by atoms with Crippen molar-refractivity contribution in [3.8, 4) is 0 Å². The van der Waals surface area contributed by atoms with Gasteiger partial charge in [0, 0.05) is 24.9 Å². The van der Waals surface area contributed by atoms with Crippen molar-refractivity contribution in [3.63, 3.8) is 0 Å². The molecule has 13 nitrogen and oxygen atoms in total. The molecule has 0 saturated heterocycles. The third kappa shape index (κ3) is 14.4. The van der Waals surface area contributed by atoms with Crippen LogP contribution in [0.1, 0.15) is 61.7 Å². The number of halogens is 1. The van der Waals surface area contributed by atoms with Gasteiger partial charge >= 0.3 is 20.2 Å². The summed E-state index contributed by atoms with van der Waals surface area (Å²) in [5, 5.41) is 25.8. The summed E-state index contributed by atoms with van der Waals surface area (Å²) in [6.07, 6.45) is 1.03. The van der Waals surface area contributed by atoms with Gasteiger partial charge in [-0.1, -0.05) is 6.42 Å². The highest BCUT2D eigenvalue weighted by atomic mass is 31.1. The number of carbonyl (C=O) groups excluding carboxylic acids is 3. The molecule has 1 aromatic rings. The van der Waals surface area contributed by atoms with Crippen LogP contribution in [0.5, 0.6) is 0 Å². The number of carbonyl (C=O) groups is 5. The van der Waals surface area contributed by atoms with Gasteiger partial charge in [0.1, 0.15) is 17.9 Å². The summed E-state index contributed by atoms with van der Waals surface area (Å²) >= 11 is 0. The molecule has 0 aliphatic rings. The number of carboxylic acids is 2. The van der Waals surface area contributed by atoms with Gasteiger partial charge in [-0.2, -0.15) is 0 Å². The van der Waals surface area contributed by atoms with Crippen LogP contribution in [0.3, 0.4) is 0 Å². The van der Waals surface area contributed by atoms with E-state index in [1.807, 2.05) is 0 Å². The topological polar surface area (TPSA) is 208 Å². The summed E-state index contributed by atoms with van der Waals surface area (Å²) < 4.78 is 27.8. The molecule has 0 aromatic heterocycles. The minimum absolute atomic E-state index is 0.0329. The Morgan fingerprint density at radius 3 is 2.00 bits per heavy atom. The Hall–Kier alpha value is -3.35. The average molecular weight is 562 g/mol. The smallest absolute Gasteiger partial charge is 0.326 e. The first-order chi connectivity index (χ1) is 18.0. The van der Waals surface area contributed by atoms with Crippen LogP contribution in [0.4, 0.5) is 4.39 Å². The highest BCUT2D eigenvalue weighted by Crippen LogP contribution is 2.15. The number of hydrogen-bond donors (Lipinski definition) is 6. The lowest BCUT2D eigenvalue weighted by atomic mass is 10.1. The number of aliphatic carboxylic acids is 2. The van der Waals surface area contributed by atoms with E-state index in [-0.39, 0.29) is 44.6 Å². The van der Waals surface area contributed by atoms with Crippen LogP contribution >= 0.6 is 8.25 Å². The van der Waals surface area contributed by atoms with Crippen LogP contribution in [0.15, 0.2) is 24.3 Å². The van der Waals surface area contributed by atoms with E-state index >= 15 is 0 Å². The zero-order chi connectivity index (χ0) is 28.5. The summed E-state index contributed by atoms with van der Waals surface area (Å²) in [5.41, 5.74) is 0.324. The summed E-state index contributed by atoms with van der Waals surface area (Å²) in [4.78, 5) is 67.5. The molecule has 0 heterocycles. The average Bonchev–Trinajstić information content (AvgIpc) is 2.85. The predicted octanol–water partition coefficient (Wildman–Crippen LogP) is 1.21. The predicted molar refractivity (Wildman–Crippen MR) is 132 cm³/mol. The standard InChI is InChI=1S/C23H33FN3O10P/c24-16-9-7-15(8-10-16)21(30)25-13-3-1-2-6-19(28)27-18(23(33)34)11-12-20(29)26-17(22(31)32)5-4-14-37-38(35)36/h7-10,17-18,38H,1-6,11-14H2,(H,25,30)(H,26,29)(H,27,28)(H,31,32)(H,33,34)(H,35,36)/t17-,18-/m0/s1. The number of hydrogen-bond acceptors (Lipinski definition) is 7. The summed E-state index contributed by atoms with van der Waals surface area (Å²) in [6, 6.07) is 2.46. The molecule has 38 heavy (non-hydrogen) atoms. The maximum absolute atomic E-state index is 12.9. The van der Waals surface area contributed by atoms with Gasteiger partial charge in [0.15, 0.2) is 0 Å². The first-order valence-corrected chi connectivity index (χ1v) is 13.2. The maximum Gasteiger partial charge on any atom is 0.326 e. The van der Waals surface area contributed by atoms with Crippen molar-refractivity contribution in [1.82, 2.24) is 16.0 Å². The van der Waals surface area contributed by atoms with Crippen LogP contribution in [-0.2, 0) is 28.3 Å². The molecule has 0 aliphatic carbocycles. The van der Waals surface area contributed by atoms with Crippen LogP contribution < -0.4 is 16.0 Å². The van der Waals surface area contributed by atoms with Gasteiger partial charge in [0.2, 0.25) is 11.8 Å². The van der Waals surface area contributed by atoms with Crippen LogP contribution in [0, 0.1) is 5.82 Å². The SMILES string of the molecule is O=C(CC[C@H](NC(=O)CCCCCNC(=O)c1ccc(F)cc1)C(=O)O)N[C@@H](CCCO[PH](=O)O)C(=O)O. The summed E-state index contributed by atoms with van der Waals surface area (Å²) in [6.45, 7) is 0.183. The van der Waals surface area contributed by atoms with Gasteiger partial charge in [-0.15, -0.1) is 0 Å². The van der Waals surface area contributed by atoms with Crippen molar-refractivity contribution in [3.05, 3.63) is 35.6 Å². The number of rotatable bonds is 19. The lowest BCUT2D eigenvalue weighted by molar-refractivity contribution is -0.143. The van der Waals surface area contributed by atoms with E-state index in [1.54, 1.807) is 0 Å². The molecule has 3 atom stereocenters. The Balaban J connectivity index is 2.30. The largest absolute Gasteiger partial charge is 0.480 e. The lowest BCUT2D eigenvalue weighted by Gasteiger charge is -2.17. The zero-order valence-electron chi connectivity index (χ0n) is 20.6. The third-order valence-electron chi connectivity index (χ3n) is 5.26. The fourth-order valence-electron chi connectivity index (χ4n) is 3.26. The van der Waals surface area contributed by atoms with E-state index in [0.717, 1.165) is 0 Å². The Morgan fingerprint density at radius 2 is 1.42 bits per heavy atom. The van der Waals surface area contributed by atoms with E-state index in [9.17, 15) is 43.1 Å². The molecule has 1 rings (SSSR count). The van der Waals surface area contributed by atoms with Crippen molar-refractivity contribution in [2.45, 2.75) is 63.5 Å². The monoisotopic (exact) mass is 561 g/mol. The second-order valence-electron chi connectivity index (χ2n) is 8.29. The van der Waals surface area contributed by atoms with E-state index in [2.05, 4.69) is 20.5 Å². The van der Waals surface area contributed by atoms with Crippen LogP contribution in [-0.4, -0.2) is 70.0 Å². The van der Waals surface area contributed by atoms with E-state index < -0.39 is 49.9 Å². The zero-order valence-corrected chi connectivity index (χ0v) is 21.6. The van der Waals surface area contributed by atoms with E-state index in [1.165, 1.54) is 24.3 Å². The Morgan fingerprint density at radius 1 is 0.842 bits per heavy atom. The lowest BCUT2D eigenvalue weighted by Crippen LogP contribution is -2.44. The van der Waals surface area contributed by atoms with Crippen molar-refractivity contribution in [2.24, 2.45) is 0 Å². The van der Waals surface area contributed by atoms with Crippen LogP contribution in [0.25, 0.3) is 0 Å². The first-order valence-electron chi connectivity index (χ1n) is 11.9. The number of carboxylic acid groups (broad SMARTS) is 2. The Bertz CT molecular complexity index is 977. The molecule has 0 saturated carbocycles. The first kappa shape index (κ1) is 32.7. The quantitative estimate of drug-likeness (QED) is 0.105. The highest BCUT2D eigenvalue weighted by Gasteiger charge is 2.23. The van der Waals surface area contributed by atoms with Gasteiger partial charge in [-0.3, -0.25) is 18.9 Å². The highest BCUT2D eigenvalue weighted by molar-refractivity contribution is 7.32. The molecule has 0 fully saturated rings. The summed E-state index contributed by atoms with van der Waals surface area (Å²) in [7, 11) is -3.13. The van der Waals surface area contributed by atoms with Crippen molar-refractivity contribution in [1.29, 1.82) is 0 Å². The molecule has 0 spiro atoms. The molecular weight excluding hydrogens is 528 g/mol. The molecular formula is C23H33FN3O10P. The summed E-state index contributed by atoms with van der Waals surface area (Å²) in [5.74, 6) is -4.72. The van der Waals surface area contributed by atoms with E-state index in [4.69, 9.17) is 4.89 Å². The third-order valence-corrected chi connectivity index (χ3v) is 5.71. The van der Waals surface area contributed by atoms with Crippen molar-refractivity contribution >= 4 is 37.9 Å². The maximum atomic E-state index is 12.9. The minimum Gasteiger partial charge on any atom is -0.480 e.